The quantitative estimate of drug-likeness (QED) is 0.574. The minimum Gasteiger partial charge on any atom is -0.508 e. The Morgan fingerprint density at radius 2 is 2.00 bits per heavy atom. The number of carbonyl (C=O) groups is 1. The van der Waals surface area contributed by atoms with Crippen LogP contribution < -0.4 is 11.1 Å². The molecule has 0 fully saturated rings. The minimum absolute atomic E-state index is 0.0769. The molecular weight excluding hydrogens is 247 g/mol. The number of amides is 1. The van der Waals surface area contributed by atoms with Crippen LogP contribution in [-0.2, 0) is 0 Å². The molecule has 0 atom stereocenters. The molecule has 4 nitrogen and oxygen atoms in total. The summed E-state index contributed by atoms with van der Waals surface area (Å²) in [6.07, 6.45) is 0. The van der Waals surface area contributed by atoms with E-state index in [0.29, 0.717) is 11.3 Å². The first-order valence-corrected chi connectivity index (χ1v) is 5.63. The Labute approximate surface area is 109 Å². The third kappa shape index (κ3) is 2.82. The van der Waals surface area contributed by atoms with Crippen molar-refractivity contribution in [1.82, 2.24) is 0 Å². The summed E-state index contributed by atoms with van der Waals surface area (Å²) in [5.74, 6) is -0.767. The lowest BCUT2D eigenvalue weighted by atomic mass is 10.1. The molecule has 0 aliphatic rings. The lowest BCUT2D eigenvalue weighted by Gasteiger charge is -2.09. The van der Waals surface area contributed by atoms with Gasteiger partial charge in [-0.05, 0) is 48.9 Å². The largest absolute Gasteiger partial charge is 0.508 e. The lowest BCUT2D eigenvalue weighted by Crippen LogP contribution is -2.14. The number of nitrogen functional groups attached to an aromatic ring is 1. The van der Waals surface area contributed by atoms with Crippen LogP contribution in [0.4, 0.5) is 15.8 Å². The highest BCUT2D eigenvalue weighted by Gasteiger charge is 2.11. The molecule has 0 bridgehead atoms. The summed E-state index contributed by atoms with van der Waals surface area (Å²) >= 11 is 0. The average molecular weight is 260 g/mol. The smallest absolute Gasteiger partial charge is 0.257 e. The van der Waals surface area contributed by atoms with Crippen molar-refractivity contribution in [3.05, 3.63) is 53.3 Å². The summed E-state index contributed by atoms with van der Waals surface area (Å²) in [5.41, 5.74) is 7.04. The number of phenols is 1. The van der Waals surface area contributed by atoms with Crippen LogP contribution in [0, 0.1) is 12.7 Å². The summed E-state index contributed by atoms with van der Waals surface area (Å²) in [4.78, 5) is 12.0. The minimum atomic E-state index is -0.491. The van der Waals surface area contributed by atoms with Gasteiger partial charge in [-0.3, -0.25) is 4.79 Å². The van der Waals surface area contributed by atoms with Gasteiger partial charge < -0.3 is 16.2 Å². The number of benzene rings is 2. The van der Waals surface area contributed by atoms with Crippen LogP contribution >= 0.6 is 0 Å². The second kappa shape index (κ2) is 4.97. The van der Waals surface area contributed by atoms with E-state index in [9.17, 15) is 14.3 Å². The summed E-state index contributed by atoms with van der Waals surface area (Å²) in [5, 5.41) is 12.0. The highest BCUT2D eigenvalue weighted by molar-refractivity contribution is 6.07. The third-order valence-electron chi connectivity index (χ3n) is 2.71. The van der Waals surface area contributed by atoms with Gasteiger partial charge in [0.1, 0.15) is 11.6 Å². The Kier molecular flexibility index (Phi) is 3.37. The molecule has 0 unspecified atom stereocenters. The van der Waals surface area contributed by atoms with Crippen molar-refractivity contribution >= 4 is 17.3 Å². The predicted octanol–water partition coefficient (Wildman–Crippen LogP) is 2.67. The van der Waals surface area contributed by atoms with Crippen molar-refractivity contribution in [3.8, 4) is 5.75 Å². The van der Waals surface area contributed by atoms with Crippen molar-refractivity contribution in [2.75, 3.05) is 11.1 Å². The lowest BCUT2D eigenvalue weighted by molar-refractivity contribution is 0.102. The molecule has 0 aliphatic carbocycles. The number of nitrogens with one attached hydrogen (secondary N) is 1. The normalized spacial score (nSPS) is 10.2. The summed E-state index contributed by atoms with van der Waals surface area (Å²) in [6, 6.07) is 8.28. The first kappa shape index (κ1) is 12.9. The van der Waals surface area contributed by atoms with Gasteiger partial charge in [0.05, 0.1) is 5.56 Å². The van der Waals surface area contributed by atoms with E-state index in [1.807, 2.05) is 0 Å². The third-order valence-corrected chi connectivity index (χ3v) is 2.71. The number of phenolic OH excluding ortho intramolecular Hbond substituents is 1. The molecule has 4 N–H and O–H groups in total. The molecule has 2 aromatic rings. The predicted molar refractivity (Wildman–Crippen MR) is 71.6 cm³/mol. The van der Waals surface area contributed by atoms with Gasteiger partial charge in [0.25, 0.3) is 5.91 Å². The molecule has 5 heteroatoms. The van der Waals surface area contributed by atoms with E-state index in [1.54, 1.807) is 19.1 Å². The molecular formula is C14H13FN2O2. The molecule has 2 rings (SSSR count). The summed E-state index contributed by atoms with van der Waals surface area (Å²) in [6.45, 7) is 1.72. The zero-order chi connectivity index (χ0) is 14.0. The van der Waals surface area contributed by atoms with E-state index < -0.39 is 11.7 Å². The fraction of sp³-hybridized carbons (Fsp3) is 0.0714. The maximum Gasteiger partial charge on any atom is 0.257 e. The van der Waals surface area contributed by atoms with Gasteiger partial charge >= 0.3 is 0 Å². The van der Waals surface area contributed by atoms with Crippen LogP contribution in [0.1, 0.15) is 15.9 Å². The van der Waals surface area contributed by atoms with Crippen molar-refractivity contribution < 1.29 is 14.3 Å². The molecule has 19 heavy (non-hydrogen) atoms. The van der Waals surface area contributed by atoms with E-state index in [-0.39, 0.29) is 17.0 Å². The molecule has 1 amide bonds. The van der Waals surface area contributed by atoms with Gasteiger partial charge in [-0.25, -0.2) is 4.39 Å². The van der Waals surface area contributed by atoms with E-state index in [4.69, 9.17) is 5.73 Å². The van der Waals surface area contributed by atoms with Gasteiger partial charge in [0.2, 0.25) is 0 Å². The highest BCUT2D eigenvalue weighted by atomic mass is 19.1. The summed E-state index contributed by atoms with van der Waals surface area (Å²) in [7, 11) is 0. The van der Waals surface area contributed by atoms with Crippen molar-refractivity contribution in [2.24, 2.45) is 0 Å². The van der Waals surface area contributed by atoms with Crippen LogP contribution in [0.2, 0.25) is 0 Å². The monoisotopic (exact) mass is 260 g/mol. The Morgan fingerprint density at radius 1 is 1.26 bits per heavy atom. The van der Waals surface area contributed by atoms with Gasteiger partial charge in [0, 0.05) is 11.4 Å². The molecule has 0 spiro atoms. The van der Waals surface area contributed by atoms with Gasteiger partial charge in [-0.2, -0.15) is 0 Å². The fourth-order valence-electron chi connectivity index (χ4n) is 1.67. The SMILES string of the molecule is Cc1cc(NC(=O)c2ccc(F)cc2N)ccc1O. The molecule has 0 saturated carbocycles. The number of halogens is 1. The second-order valence-electron chi connectivity index (χ2n) is 4.19. The number of anilines is 2. The van der Waals surface area contributed by atoms with Crippen molar-refractivity contribution in [1.29, 1.82) is 0 Å². The van der Waals surface area contributed by atoms with E-state index >= 15 is 0 Å². The average Bonchev–Trinajstić information content (AvgIpc) is 2.33. The Bertz CT molecular complexity index is 641. The standard InChI is InChI=1S/C14H13FN2O2/c1-8-6-10(3-5-13(8)18)17-14(19)11-4-2-9(15)7-12(11)16/h2-7,18H,16H2,1H3,(H,17,19). The van der Waals surface area contributed by atoms with Crippen LogP contribution in [-0.4, -0.2) is 11.0 Å². The van der Waals surface area contributed by atoms with Gasteiger partial charge in [-0.15, -0.1) is 0 Å². The Hall–Kier alpha value is -2.56. The number of hydrogen-bond donors (Lipinski definition) is 3. The zero-order valence-corrected chi connectivity index (χ0v) is 10.3. The Balaban J connectivity index is 2.23. The number of hydrogen-bond acceptors (Lipinski definition) is 3. The highest BCUT2D eigenvalue weighted by Crippen LogP contribution is 2.21. The van der Waals surface area contributed by atoms with Crippen LogP contribution in [0.5, 0.6) is 5.75 Å². The number of aromatic hydroxyl groups is 1. The molecule has 2 aromatic carbocycles. The van der Waals surface area contributed by atoms with E-state index in [1.165, 1.54) is 18.2 Å². The molecule has 0 heterocycles. The van der Waals surface area contributed by atoms with E-state index in [2.05, 4.69) is 5.32 Å². The maximum atomic E-state index is 12.9. The topological polar surface area (TPSA) is 75.4 Å². The van der Waals surface area contributed by atoms with E-state index in [0.717, 1.165) is 6.07 Å². The molecule has 0 radical (unpaired) electrons. The van der Waals surface area contributed by atoms with Crippen LogP contribution in [0.25, 0.3) is 0 Å². The first-order valence-electron chi connectivity index (χ1n) is 5.63. The summed E-state index contributed by atoms with van der Waals surface area (Å²) < 4.78 is 12.9. The zero-order valence-electron chi connectivity index (χ0n) is 10.3. The number of rotatable bonds is 2. The van der Waals surface area contributed by atoms with Crippen LogP contribution in [0.15, 0.2) is 36.4 Å². The van der Waals surface area contributed by atoms with Crippen molar-refractivity contribution in [2.45, 2.75) is 6.92 Å². The molecule has 0 aliphatic heterocycles. The number of aryl methyl sites for hydroxylation is 1. The fourth-order valence-corrected chi connectivity index (χ4v) is 1.67. The number of nitrogens with two attached hydrogens (primary N) is 1. The molecule has 98 valence electrons. The first-order chi connectivity index (χ1) is 8.97. The second-order valence-corrected chi connectivity index (χ2v) is 4.19. The Morgan fingerprint density at radius 3 is 2.63 bits per heavy atom. The molecule has 0 saturated heterocycles. The number of carbonyl (C=O) groups excluding carboxylic acids is 1. The van der Waals surface area contributed by atoms with Gasteiger partial charge in [0.15, 0.2) is 0 Å². The van der Waals surface area contributed by atoms with Crippen molar-refractivity contribution in [3.63, 3.8) is 0 Å². The van der Waals surface area contributed by atoms with Crippen LogP contribution in [0.3, 0.4) is 0 Å². The van der Waals surface area contributed by atoms with Gasteiger partial charge in [-0.1, -0.05) is 0 Å². The molecule has 0 aromatic heterocycles. The maximum absolute atomic E-state index is 12.9.